The molecule has 2 fully saturated rings. The van der Waals surface area contributed by atoms with Crippen molar-refractivity contribution in [2.45, 2.75) is 31.5 Å². The van der Waals surface area contributed by atoms with Crippen molar-refractivity contribution in [1.29, 1.82) is 5.26 Å². The van der Waals surface area contributed by atoms with Gasteiger partial charge in [0.05, 0.1) is 23.2 Å². The Bertz CT molecular complexity index is 1120. The van der Waals surface area contributed by atoms with E-state index in [9.17, 15) is 4.79 Å². The number of ether oxygens (including phenoxy) is 1. The number of carbonyl (C=O) groups excluding carboxylic acids is 1. The molecule has 31 heavy (non-hydrogen) atoms. The smallest absolute Gasteiger partial charge is 0.248 e. The van der Waals surface area contributed by atoms with Crippen LogP contribution >= 0.6 is 0 Å². The van der Waals surface area contributed by atoms with Crippen LogP contribution in [-0.4, -0.2) is 57.5 Å². The molecule has 5 rings (SSSR count). The van der Waals surface area contributed by atoms with Gasteiger partial charge in [-0.25, -0.2) is 4.98 Å². The van der Waals surface area contributed by atoms with E-state index in [0.717, 1.165) is 35.3 Å². The van der Waals surface area contributed by atoms with Crippen molar-refractivity contribution in [2.75, 3.05) is 24.6 Å². The molecule has 8 heteroatoms. The van der Waals surface area contributed by atoms with Gasteiger partial charge in [0.1, 0.15) is 18.5 Å². The molecule has 2 aromatic heterocycles. The molecule has 2 saturated heterocycles. The Kier molecular flexibility index (Phi) is 5.18. The molecule has 2 atom stereocenters. The van der Waals surface area contributed by atoms with Gasteiger partial charge in [0.15, 0.2) is 0 Å². The number of hydrogen-bond acceptors (Lipinski definition) is 7. The van der Waals surface area contributed by atoms with Crippen LogP contribution in [0, 0.1) is 11.3 Å². The molecular weight excluding hydrogens is 392 g/mol. The molecule has 1 amide bonds. The van der Waals surface area contributed by atoms with Crippen molar-refractivity contribution in [1.82, 2.24) is 19.9 Å². The Balaban J connectivity index is 1.19. The van der Waals surface area contributed by atoms with Crippen LogP contribution in [0.5, 0.6) is 0 Å². The number of hydrogen-bond donors (Lipinski definition) is 0. The van der Waals surface area contributed by atoms with Crippen molar-refractivity contribution in [3.63, 3.8) is 0 Å². The van der Waals surface area contributed by atoms with Crippen molar-refractivity contribution >= 4 is 22.8 Å². The summed E-state index contributed by atoms with van der Waals surface area (Å²) in [5, 5.41) is 8.98. The van der Waals surface area contributed by atoms with E-state index in [0.29, 0.717) is 25.3 Å². The third-order valence-corrected chi connectivity index (χ3v) is 6.04. The fourth-order valence-corrected chi connectivity index (χ4v) is 4.59. The average molecular weight is 414 g/mol. The van der Waals surface area contributed by atoms with Gasteiger partial charge in [-0.05, 0) is 31.0 Å². The standard InChI is InChI=1S/C23H22N6O2/c24-10-16-4-7-21(27-11-16)29-18-5-6-19(29)13-28(12-18)22(30)15-31-14-17-2-1-3-20-23(17)26-9-8-25-20/h1-4,7-9,11,18-19H,5-6,12-15H2. The Morgan fingerprint density at radius 1 is 1.10 bits per heavy atom. The molecular formula is C23H22N6O2. The molecule has 0 spiro atoms. The average Bonchev–Trinajstić information content (AvgIpc) is 3.08. The Labute approximate surface area is 180 Å². The van der Waals surface area contributed by atoms with Crippen molar-refractivity contribution in [3.05, 3.63) is 60.0 Å². The minimum atomic E-state index is 0.00987. The summed E-state index contributed by atoms with van der Waals surface area (Å²) in [6, 6.07) is 12.1. The zero-order valence-corrected chi connectivity index (χ0v) is 17.0. The van der Waals surface area contributed by atoms with Gasteiger partial charge in [-0.15, -0.1) is 0 Å². The molecule has 156 valence electrons. The van der Waals surface area contributed by atoms with Crippen LogP contribution in [0.25, 0.3) is 11.0 Å². The summed E-state index contributed by atoms with van der Waals surface area (Å²) in [5.74, 6) is 0.891. The van der Waals surface area contributed by atoms with Crippen LogP contribution in [0.4, 0.5) is 5.82 Å². The summed E-state index contributed by atoms with van der Waals surface area (Å²) in [5.41, 5.74) is 3.10. The van der Waals surface area contributed by atoms with Crippen LogP contribution < -0.4 is 4.90 Å². The summed E-state index contributed by atoms with van der Waals surface area (Å²) in [4.78, 5) is 30.2. The second kappa shape index (κ2) is 8.28. The number of nitriles is 1. The second-order valence-electron chi connectivity index (χ2n) is 7.94. The van der Waals surface area contributed by atoms with Crippen LogP contribution in [0.2, 0.25) is 0 Å². The largest absolute Gasteiger partial charge is 0.367 e. The monoisotopic (exact) mass is 414 g/mol. The van der Waals surface area contributed by atoms with Crippen molar-refractivity contribution in [3.8, 4) is 6.07 Å². The highest BCUT2D eigenvalue weighted by molar-refractivity contribution is 5.79. The van der Waals surface area contributed by atoms with E-state index in [4.69, 9.17) is 10.00 Å². The topological polar surface area (TPSA) is 95.2 Å². The van der Waals surface area contributed by atoms with E-state index in [-0.39, 0.29) is 24.6 Å². The molecule has 2 aliphatic heterocycles. The third kappa shape index (κ3) is 3.80. The fourth-order valence-electron chi connectivity index (χ4n) is 4.59. The number of benzene rings is 1. The summed E-state index contributed by atoms with van der Waals surface area (Å²) < 4.78 is 5.76. The van der Waals surface area contributed by atoms with Gasteiger partial charge in [0.25, 0.3) is 0 Å². The zero-order chi connectivity index (χ0) is 21.2. The molecule has 4 heterocycles. The van der Waals surface area contributed by atoms with E-state index in [2.05, 4.69) is 25.9 Å². The fraction of sp³-hybridized carbons (Fsp3) is 0.348. The molecule has 2 bridgehead atoms. The Hall–Kier alpha value is -3.57. The molecule has 8 nitrogen and oxygen atoms in total. The van der Waals surface area contributed by atoms with Crippen LogP contribution in [0.15, 0.2) is 48.9 Å². The number of carbonyl (C=O) groups is 1. The third-order valence-electron chi connectivity index (χ3n) is 6.04. The Morgan fingerprint density at radius 3 is 2.65 bits per heavy atom. The predicted octanol–water partition coefficient (Wildman–Crippen LogP) is 2.29. The highest BCUT2D eigenvalue weighted by Gasteiger charge is 2.41. The first kappa shape index (κ1) is 19.4. The van der Waals surface area contributed by atoms with Crippen LogP contribution in [0.3, 0.4) is 0 Å². The number of piperazine rings is 1. The second-order valence-corrected chi connectivity index (χ2v) is 7.94. The van der Waals surface area contributed by atoms with E-state index in [1.54, 1.807) is 24.7 Å². The lowest BCUT2D eigenvalue weighted by atomic mass is 10.1. The number of anilines is 1. The van der Waals surface area contributed by atoms with E-state index < -0.39 is 0 Å². The number of likely N-dealkylation sites (tertiary alicyclic amines) is 1. The van der Waals surface area contributed by atoms with Gasteiger partial charge in [0.2, 0.25) is 5.91 Å². The summed E-state index contributed by atoms with van der Waals surface area (Å²) in [7, 11) is 0. The lowest BCUT2D eigenvalue weighted by molar-refractivity contribution is -0.137. The number of fused-ring (bicyclic) bond motifs is 3. The van der Waals surface area contributed by atoms with Crippen molar-refractivity contribution in [2.24, 2.45) is 0 Å². The molecule has 0 aliphatic carbocycles. The summed E-state index contributed by atoms with van der Waals surface area (Å²) in [6.45, 7) is 1.70. The van der Waals surface area contributed by atoms with Gasteiger partial charge in [-0.1, -0.05) is 12.1 Å². The van der Waals surface area contributed by atoms with Crippen LogP contribution in [0.1, 0.15) is 24.0 Å². The van der Waals surface area contributed by atoms with Gasteiger partial charge < -0.3 is 14.5 Å². The highest BCUT2D eigenvalue weighted by atomic mass is 16.5. The van der Waals surface area contributed by atoms with Crippen LogP contribution in [-0.2, 0) is 16.1 Å². The number of rotatable bonds is 5. The lowest BCUT2D eigenvalue weighted by Gasteiger charge is -2.41. The first-order chi connectivity index (χ1) is 15.2. The number of para-hydroxylation sites is 1. The van der Waals surface area contributed by atoms with E-state index >= 15 is 0 Å². The molecule has 0 saturated carbocycles. The number of pyridine rings is 1. The minimum Gasteiger partial charge on any atom is -0.367 e. The molecule has 0 N–H and O–H groups in total. The molecule has 2 aliphatic rings. The lowest BCUT2D eigenvalue weighted by Crippen LogP contribution is -2.56. The molecule has 0 radical (unpaired) electrons. The molecule has 3 aromatic rings. The van der Waals surface area contributed by atoms with Gasteiger partial charge in [-0.3, -0.25) is 14.8 Å². The summed E-state index contributed by atoms with van der Waals surface area (Å²) in [6.07, 6.45) is 7.00. The van der Waals surface area contributed by atoms with E-state index in [1.807, 2.05) is 29.2 Å². The normalized spacial score (nSPS) is 20.1. The predicted molar refractivity (Wildman–Crippen MR) is 114 cm³/mol. The van der Waals surface area contributed by atoms with Crippen molar-refractivity contribution < 1.29 is 9.53 Å². The zero-order valence-electron chi connectivity index (χ0n) is 17.0. The van der Waals surface area contributed by atoms with Gasteiger partial charge in [-0.2, -0.15) is 5.26 Å². The summed E-state index contributed by atoms with van der Waals surface area (Å²) >= 11 is 0. The quantitative estimate of drug-likeness (QED) is 0.632. The first-order valence-corrected chi connectivity index (χ1v) is 10.4. The highest BCUT2D eigenvalue weighted by Crippen LogP contribution is 2.34. The maximum atomic E-state index is 12.8. The number of amides is 1. The minimum absolute atomic E-state index is 0.00987. The van der Waals surface area contributed by atoms with E-state index in [1.165, 1.54) is 0 Å². The first-order valence-electron chi connectivity index (χ1n) is 10.4. The number of nitrogens with zero attached hydrogens (tertiary/aromatic N) is 6. The maximum Gasteiger partial charge on any atom is 0.248 e. The SMILES string of the molecule is N#Cc1ccc(N2C3CCC2CN(C(=O)COCc2cccc4nccnc24)C3)nc1. The maximum absolute atomic E-state index is 12.8. The molecule has 2 unspecified atom stereocenters. The molecule has 1 aromatic carbocycles. The Morgan fingerprint density at radius 2 is 1.90 bits per heavy atom. The number of aromatic nitrogens is 3. The van der Waals surface area contributed by atoms with Gasteiger partial charge in [0, 0.05) is 49.3 Å². The van der Waals surface area contributed by atoms with Gasteiger partial charge >= 0.3 is 0 Å².